The van der Waals surface area contributed by atoms with Crippen molar-refractivity contribution in [3.05, 3.63) is 24.1 Å². The van der Waals surface area contributed by atoms with Crippen molar-refractivity contribution in [2.24, 2.45) is 16.8 Å². The number of hydrogen-bond acceptors (Lipinski definition) is 4. The van der Waals surface area contributed by atoms with Crippen molar-refractivity contribution in [1.82, 2.24) is 5.32 Å². The maximum absolute atomic E-state index is 13.2. The third-order valence-corrected chi connectivity index (χ3v) is 3.03. The summed E-state index contributed by atoms with van der Waals surface area (Å²) in [4.78, 5) is 5.09. The average Bonchev–Trinajstić information content (AvgIpc) is 2.41. The molecule has 2 aliphatic heterocycles. The van der Waals surface area contributed by atoms with Gasteiger partial charge in [-0.15, -0.1) is 0 Å². The fourth-order valence-corrected chi connectivity index (χ4v) is 2.10. The van der Waals surface area contributed by atoms with E-state index in [0.717, 1.165) is 31.6 Å². The second kappa shape index (κ2) is 5.93. The van der Waals surface area contributed by atoms with Gasteiger partial charge in [0, 0.05) is 18.4 Å². The molecule has 1 fully saturated rings. The molecule has 0 aromatic rings. The molecule has 0 amide bonds. The van der Waals surface area contributed by atoms with E-state index in [0.29, 0.717) is 12.3 Å². The van der Waals surface area contributed by atoms with E-state index in [1.165, 1.54) is 12.2 Å². The Morgan fingerprint density at radius 3 is 2.94 bits per heavy atom. The molecule has 0 bridgehead atoms. The molecule has 17 heavy (non-hydrogen) atoms. The van der Waals surface area contributed by atoms with Crippen molar-refractivity contribution in [2.75, 3.05) is 13.1 Å². The fourth-order valence-electron chi connectivity index (χ4n) is 2.10. The second-order valence-corrected chi connectivity index (χ2v) is 4.33. The molecule has 1 unspecified atom stereocenters. The van der Waals surface area contributed by atoms with Gasteiger partial charge in [0.25, 0.3) is 0 Å². The van der Waals surface area contributed by atoms with Crippen LogP contribution in [0.15, 0.2) is 29.2 Å². The van der Waals surface area contributed by atoms with Gasteiger partial charge in [0.2, 0.25) is 0 Å². The number of nitrogens with one attached hydrogen (secondary N) is 1. The highest BCUT2D eigenvalue weighted by Crippen LogP contribution is 2.18. The summed E-state index contributed by atoms with van der Waals surface area (Å²) in [6, 6.07) is 0. The molecule has 2 heterocycles. The van der Waals surface area contributed by atoms with Gasteiger partial charge < -0.3 is 10.2 Å². The predicted octanol–water partition coefficient (Wildman–Crippen LogP) is 1.46. The summed E-state index contributed by atoms with van der Waals surface area (Å²) in [5, 5.41) is 7.38. The Hall–Kier alpha value is -1.20. The normalized spacial score (nSPS) is 27.3. The summed E-state index contributed by atoms with van der Waals surface area (Å²) < 4.78 is 13.2. The summed E-state index contributed by atoms with van der Waals surface area (Å²) in [6.07, 6.45) is 6.31. The molecule has 94 valence electrons. The van der Waals surface area contributed by atoms with E-state index in [1.807, 2.05) is 0 Å². The van der Waals surface area contributed by atoms with Gasteiger partial charge in [-0.3, -0.25) is 5.73 Å². The Morgan fingerprint density at radius 1 is 1.41 bits per heavy atom. The average molecular weight is 239 g/mol. The maximum Gasteiger partial charge on any atom is 0.198 e. The van der Waals surface area contributed by atoms with E-state index in [2.05, 4.69) is 10.5 Å². The van der Waals surface area contributed by atoms with Crippen LogP contribution in [0.25, 0.3) is 0 Å². The topological polar surface area (TPSA) is 59.6 Å². The van der Waals surface area contributed by atoms with Crippen LogP contribution in [0.5, 0.6) is 0 Å². The van der Waals surface area contributed by atoms with Crippen LogP contribution in [0.2, 0.25) is 0 Å². The minimum Gasteiger partial charge on any atom is -0.372 e. The summed E-state index contributed by atoms with van der Waals surface area (Å²) >= 11 is 0. The van der Waals surface area contributed by atoms with Crippen molar-refractivity contribution < 1.29 is 9.23 Å². The van der Waals surface area contributed by atoms with Crippen LogP contribution < -0.4 is 11.1 Å². The molecule has 0 aromatic heterocycles. The summed E-state index contributed by atoms with van der Waals surface area (Å²) in [6.45, 7) is 1.98. The molecule has 0 aromatic carbocycles. The van der Waals surface area contributed by atoms with Gasteiger partial charge in [-0.25, -0.2) is 4.39 Å². The molecule has 5 heteroatoms. The summed E-state index contributed by atoms with van der Waals surface area (Å²) in [5.41, 5.74) is 6.52. The second-order valence-electron chi connectivity index (χ2n) is 4.33. The number of nitrogens with zero attached hydrogens (tertiary/aromatic N) is 1. The Bertz CT molecular complexity index is 346. The van der Waals surface area contributed by atoms with Crippen LogP contribution in [0.1, 0.15) is 19.3 Å². The third-order valence-electron chi connectivity index (χ3n) is 3.03. The minimum absolute atomic E-state index is 0.376. The Labute approximate surface area is 100 Å². The Kier molecular flexibility index (Phi) is 4.28. The van der Waals surface area contributed by atoms with Crippen molar-refractivity contribution in [1.29, 1.82) is 0 Å². The van der Waals surface area contributed by atoms with Crippen LogP contribution in [-0.2, 0) is 4.84 Å². The molecule has 1 saturated heterocycles. The first kappa shape index (κ1) is 12.3. The smallest absolute Gasteiger partial charge is 0.198 e. The van der Waals surface area contributed by atoms with E-state index < -0.39 is 6.23 Å². The van der Waals surface area contributed by atoms with Gasteiger partial charge in [0.15, 0.2) is 6.23 Å². The lowest BCUT2D eigenvalue weighted by atomic mass is 9.91. The summed E-state index contributed by atoms with van der Waals surface area (Å²) in [5.74, 6) is 0.0357. The maximum atomic E-state index is 13.2. The lowest BCUT2D eigenvalue weighted by Crippen LogP contribution is -2.32. The number of oxime groups is 1. The number of nitrogens with two attached hydrogens (primary N) is 1. The highest BCUT2D eigenvalue weighted by Gasteiger charge is 2.19. The van der Waals surface area contributed by atoms with Gasteiger partial charge in [-0.2, -0.15) is 0 Å². The highest BCUT2D eigenvalue weighted by molar-refractivity contribution is 5.87. The van der Waals surface area contributed by atoms with E-state index in [9.17, 15) is 4.39 Å². The first-order chi connectivity index (χ1) is 8.25. The molecule has 0 saturated carbocycles. The Morgan fingerprint density at radius 2 is 2.18 bits per heavy atom. The molecular weight excluding hydrogens is 221 g/mol. The fraction of sp³-hybridized carbons (Fsp3) is 0.583. The first-order valence-electron chi connectivity index (χ1n) is 5.98. The van der Waals surface area contributed by atoms with E-state index in [1.54, 1.807) is 6.08 Å². The molecule has 4 nitrogen and oxygen atoms in total. The zero-order chi connectivity index (χ0) is 12.1. The van der Waals surface area contributed by atoms with Gasteiger partial charge in [0.05, 0.1) is 5.71 Å². The zero-order valence-electron chi connectivity index (χ0n) is 9.73. The van der Waals surface area contributed by atoms with Gasteiger partial charge in [-0.05, 0) is 32.0 Å². The molecule has 1 atom stereocenters. The lowest BCUT2D eigenvalue weighted by molar-refractivity contribution is 0.0940. The Balaban J connectivity index is 2.06. The number of halogens is 1. The quantitative estimate of drug-likeness (QED) is 0.728. The molecule has 2 aliphatic rings. The first-order valence-corrected chi connectivity index (χ1v) is 5.98. The standard InChI is InChI=1S/C12H18FN3O/c13-10-2-1-3-11(16-17-12(14)8-10)9-4-6-15-7-5-9/h1-2,8-9,12,15H,3-7,14H2. The SMILES string of the molecule is NC1C=C(F)C=CCC(C2CCNCC2)=NO1. The van der Waals surface area contributed by atoms with Crippen LogP contribution in [-0.4, -0.2) is 25.0 Å². The van der Waals surface area contributed by atoms with Crippen molar-refractivity contribution in [3.63, 3.8) is 0 Å². The third kappa shape index (κ3) is 3.64. The number of allylic oxidation sites excluding steroid dienone is 3. The molecule has 0 aliphatic carbocycles. The largest absolute Gasteiger partial charge is 0.372 e. The molecule has 0 radical (unpaired) electrons. The van der Waals surface area contributed by atoms with Gasteiger partial charge in [-0.1, -0.05) is 11.2 Å². The molecule has 2 rings (SSSR count). The minimum atomic E-state index is -0.811. The van der Waals surface area contributed by atoms with Crippen molar-refractivity contribution in [3.8, 4) is 0 Å². The number of piperidine rings is 1. The van der Waals surface area contributed by atoms with Gasteiger partial charge in [0.1, 0.15) is 5.83 Å². The number of rotatable bonds is 1. The lowest BCUT2D eigenvalue weighted by Gasteiger charge is -2.23. The molecular formula is C12H18FN3O. The van der Waals surface area contributed by atoms with E-state index in [4.69, 9.17) is 10.6 Å². The van der Waals surface area contributed by atoms with E-state index >= 15 is 0 Å². The van der Waals surface area contributed by atoms with Crippen LogP contribution >= 0.6 is 0 Å². The van der Waals surface area contributed by atoms with Gasteiger partial charge >= 0.3 is 0 Å². The highest BCUT2D eigenvalue weighted by atomic mass is 19.1. The predicted molar refractivity (Wildman–Crippen MR) is 65.0 cm³/mol. The van der Waals surface area contributed by atoms with Crippen LogP contribution in [0.4, 0.5) is 4.39 Å². The van der Waals surface area contributed by atoms with Crippen LogP contribution in [0.3, 0.4) is 0 Å². The van der Waals surface area contributed by atoms with Crippen molar-refractivity contribution in [2.45, 2.75) is 25.5 Å². The molecule has 0 spiro atoms. The van der Waals surface area contributed by atoms with E-state index in [-0.39, 0.29) is 5.83 Å². The van der Waals surface area contributed by atoms with Crippen molar-refractivity contribution >= 4 is 5.71 Å². The monoisotopic (exact) mass is 239 g/mol. The molecule has 3 N–H and O–H groups in total. The van der Waals surface area contributed by atoms with Crippen LogP contribution in [0, 0.1) is 5.92 Å². The zero-order valence-corrected chi connectivity index (χ0v) is 9.73. The number of hydrogen-bond donors (Lipinski definition) is 2. The summed E-state index contributed by atoms with van der Waals surface area (Å²) in [7, 11) is 0.